The van der Waals surface area contributed by atoms with Crippen LogP contribution in [-0.4, -0.2) is 26.0 Å². The highest BCUT2D eigenvalue weighted by Crippen LogP contribution is 2.12. The van der Waals surface area contributed by atoms with Gasteiger partial charge in [-0.05, 0) is 6.07 Å². The first-order valence-electron chi connectivity index (χ1n) is 4.82. The highest BCUT2D eigenvalue weighted by molar-refractivity contribution is 5.94. The van der Waals surface area contributed by atoms with Crippen molar-refractivity contribution >= 4 is 18.0 Å². The van der Waals surface area contributed by atoms with Gasteiger partial charge >= 0.3 is 6.09 Å². The van der Waals surface area contributed by atoms with Gasteiger partial charge in [-0.2, -0.15) is 0 Å². The largest absolute Gasteiger partial charge is 0.453 e. The van der Waals surface area contributed by atoms with E-state index in [4.69, 9.17) is 0 Å². The lowest BCUT2D eigenvalue weighted by molar-refractivity contribution is 0.187. The maximum absolute atomic E-state index is 11.1. The van der Waals surface area contributed by atoms with E-state index in [0.29, 0.717) is 12.2 Å². The van der Waals surface area contributed by atoms with Crippen molar-refractivity contribution in [1.29, 1.82) is 0 Å². The average Bonchev–Trinajstić information content (AvgIpc) is 2.31. The third-order valence-corrected chi connectivity index (χ3v) is 1.85. The molecule has 0 radical (unpaired) electrons. The number of nitrogens with one attached hydrogen (secondary N) is 1. The number of aliphatic imine (C=N–C) groups is 1. The van der Waals surface area contributed by atoms with Gasteiger partial charge < -0.3 is 4.74 Å². The molecule has 4 heteroatoms. The number of anilines is 1. The molecule has 4 nitrogen and oxygen atoms in total. The van der Waals surface area contributed by atoms with Crippen LogP contribution in [0.3, 0.4) is 0 Å². The summed E-state index contributed by atoms with van der Waals surface area (Å²) >= 11 is 0. The van der Waals surface area contributed by atoms with Crippen molar-refractivity contribution < 1.29 is 9.53 Å². The molecule has 0 bridgehead atoms. The van der Waals surface area contributed by atoms with Crippen LogP contribution < -0.4 is 5.32 Å². The predicted molar refractivity (Wildman–Crippen MR) is 65.1 cm³/mol. The standard InChI is InChI=1S/C12H14N2O2/c1-3-8-13-9-10-6-4-5-7-11(10)14-12(15)16-2/h3-7,9H,1,8H2,2H3,(H,14,15)/b13-9+. The van der Waals surface area contributed by atoms with Gasteiger partial charge in [-0.1, -0.05) is 24.3 Å². The van der Waals surface area contributed by atoms with Crippen LogP contribution in [0.5, 0.6) is 0 Å². The molecule has 1 rings (SSSR count). The summed E-state index contributed by atoms with van der Waals surface area (Å²) in [5.74, 6) is 0. The van der Waals surface area contributed by atoms with Crippen molar-refractivity contribution in [1.82, 2.24) is 0 Å². The third-order valence-electron chi connectivity index (χ3n) is 1.85. The van der Waals surface area contributed by atoms with Crippen LogP contribution in [0.4, 0.5) is 10.5 Å². The van der Waals surface area contributed by atoms with E-state index in [9.17, 15) is 4.79 Å². The number of methoxy groups -OCH3 is 1. The van der Waals surface area contributed by atoms with Crippen molar-refractivity contribution in [3.8, 4) is 0 Å². The van der Waals surface area contributed by atoms with E-state index in [0.717, 1.165) is 5.56 Å². The van der Waals surface area contributed by atoms with Gasteiger partial charge in [0.25, 0.3) is 0 Å². The fourth-order valence-corrected chi connectivity index (χ4v) is 1.11. The lowest BCUT2D eigenvalue weighted by Crippen LogP contribution is -2.12. The minimum atomic E-state index is -0.496. The second-order valence-electron chi connectivity index (χ2n) is 2.99. The number of amides is 1. The molecule has 0 fully saturated rings. The van der Waals surface area contributed by atoms with Crippen molar-refractivity contribution in [3.63, 3.8) is 0 Å². The number of rotatable bonds is 4. The molecule has 0 aliphatic rings. The van der Waals surface area contributed by atoms with E-state index in [1.54, 1.807) is 18.4 Å². The molecule has 0 heterocycles. The van der Waals surface area contributed by atoms with Gasteiger partial charge in [-0.15, -0.1) is 6.58 Å². The number of carbonyl (C=O) groups excluding carboxylic acids is 1. The Hall–Kier alpha value is -2.10. The quantitative estimate of drug-likeness (QED) is 0.623. The molecule has 1 aromatic carbocycles. The highest BCUT2D eigenvalue weighted by atomic mass is 16.5. The molecule has 0 saturated carbocycles. The van der Waals surface area contributed by atoms with Crippen molar-refractivity contribution in [2.24, 2.45) is 4.99 Å². The molecular formula is C12H14N2O2. The van der Waals surface area contributed by atoms with Gasteiger partial charge in [0.1, 0.15) is 0 Å². The summed E-state index contributed by atoms with van der Waals surface area (Å²) in [6.07, 6.45) is 2.89. The maximum atomic E-state index is 11.1. The Kier molecular flexibility index (Phi) is 4.79. The van der Waals surface area contributed by atoms with Crippen molar-refractivity contribution in [2.45, 2.75) is 0 Å². The fraction of sp³-hybridized carbons (Fsp3) is 0.167. The molecule has 0 aliphatic heterocycles. The van der Waals surface area contributed by atoms with E-state index in [1.807, 2.05) is 18.2 Å². The van der Waals surface area contributed by atoms with Crippen LogP contribution in [-0.2, 0) is 4.74 Å². The molecule has 0 aromatic heterocycles. The number of ether oxygens (including phenoxy) is 1. The number of nitrogens with zero attached hydrogens (tertiary/aromatic N) is 1. The Morgan fingerprint density at radius 2 is 2.31 bits per heavy atom. The Morgan fingerprint density at radius 1 is 1.56 bits per heavy atom. The van der Waals surface area contributed by atoms with Gasteiger partial charge in [-0.3, -0.25) is 10.3 Å². The average molecular weight is 218 g/mol. The smallest absolute Gasteiger partial charge is 0.411 e. The van der Waals surface area contributed by atoms with Crippen LogP contribution in [0, 0.1) is 0 Å². The molecule has 0 unspecified atom stereocenters. The molecule has 1 aromatic rings. The summed E-state index contributed by atoms with van der Waals surface area (Å²) in [5, 5.41) is 2.61. The predicted octanol–water partition coefficient (Wildman–Crippen LogP) is 2.47. The molecular weight excluding hydrogens is 204 g/mol. The molecule has 0 spiro atoms. The van der Waals surface area contributed by atoms with Crippen LogP contribution in [0.15, 0.2) is 41.9 Å². The third kappa shape index (κ3) is 3.57. The van der Waals surface area contributed by atoms with Gasteiger partial charge in [0.05, 0.1) is 19.3 Å². The van der Waals surface area contributed by atoms with E-state index in [-0.39, 0.29) is 0 Å². The lowest BCUT2D eigenvalue weighted by atomic mass is 10.2. The van der Waals surface area contributed by atoms with Gasteiger partial charge in [0, 0.05) is 11.8 Å². The monoisotopic (exact) mass is 218 g/mol. The summed E-state index contributed by atoms with van der Waals surface area (Å²) in [7, 11) is 1.32. The van der Waals surface area contributed by atoms with Crippen LogP contribution in [0.25, 0.3) is 0 Å². The van der Waals surface area contributed by atoms with Crippen LogP contribution in [0.2, 0.25) is 0 Å². The lowest BCUT2D eigenvalue weighted by Gasteiger charge is -2.06. The first kappa shape index (κ1) is 12.0. The normalized spacial score (nSPS) is 10.1. The fourth-order valence-electron chi connectivity index (χ4n) is 1.11. The Balaban J connectivity index is 2.82. The Morgan fingerprint density at radius 3 is 3.00 bits per heavy atom. The molecule has 0 aliphatic carbocycles. The zero-order chi connectivity index (χ0) is 11.8. The number of hydrogen-bond donors (Lipinski definition) is 1. The van der Waals surface area contributed by atoms with Gasteiger partial charge in [0.2, 0.25) is 0 Å². The molecule has 84 valence electrons. The van der Waals surface area contributed by atoms with Crippen molar-refractivity contribution in [3.05, 3.63) is 42.5 Å². The summed E-state index contributed by atoms with van der Waals surface area (Å²) in [6, 6.07) is 7.35. The highest BCUT2D eigenvalue weighted by Gasteiger charge is 2.03. The zero-order valence-electron chi connectivity index (χ0n) is 9.14. The number of hydrogen-bond acceptors (Lipinski definition) is 3. The SMILES string of the molecule is C=CC/N=C/c1ccccc1NC(=O)OC. The minimum absolute atomic E-state index is 0.496. The van der Waals surface area contributed by atoms with E-state index < -0.39 is 6.09 Å². The van der Waals surface area contributed by atoms with E-state index in [1.165, 1.54) is 7.11 Å². The van der Waals surface area contributed by atoms with E-state index in [2.05, 4.69) is 21.6 Å². The van der Waals surface area contributed by atoms with Crippen LogP contribution in [0.1, 0.15) is 5.56 Å². The second-order valence-corrected chi connectivity index (χ2v) is 2.99. The Bertz CT molecular complexity index is 400. The molecule has 0 saturated heterocycles. The molecule has 16 heavy (non-hydrogen) atoms. The number of benzene rings is 1. The minimum Gasteiger partial charge on any atom is -0.453 e. The number of carbonyl (C=O) groups is 1. The van der Waals surface area contributed by atoms with Crippen LogP contribution >= 0.6 is 0 Å². The summed E-state index contributed by atoms with van der Waals surface area (Å²) in [6.45, 7) is 4.12. The molecule has 0 atom stereocenters. The van der Waals surface area contributed by atoms with Gasteiger partial charge in [0.15, 0.2) is 0 Å². The molecule has 1 amide bonds. The molecule has 1 N–H and O–H groups in total. The number of para-hydroxylation sites is 1. The summed E-state index contributed by atoms with van der Waals surface area (Å²) < 4.78 is 4.52. The second kappa shape index (κ2) is 6.40. The zero-order valence-corrected chi connectivity index (χ0v) is 9.14. The summed E-state index contributed by atoms with van der Waals surface area (Å²) in [4.78, 5) is 15.2. The van der Waals surface area contributed by atoms with Gasteiger partial charge in [-0.25, -0.2) is 4.79 Å². The van der Waals surface area contributed by atoms with Crippen molar-refractivity contribution in [2.75, 3.05) is 19.0 Å². The maximum Gasteiger partial charge on any atom is 0.411 e. The summed E-state index contributed by atoms with van der Waals surface area (Å²) in [5.41, 5.74) is 1.50. The first-order valence-corrected chi connectivity index (χ1v) is 4.82. The van der Waals surface area contributed by atoms with E-state index >= 15 is 0 Å². The first-order chi connectivity index (χ1) is 7.77. The topological polar surface area (TPSA) is 50.7 Å². The Labute approximate surface area is 94.7 Å².